The maximum Gasteiger partial charge on any atom is 0.282 e. The molecule has 7 nitrogen and oxygen atoms in total. The van der Waals surface area contributed by atoms with Crippen molar-refractivity contribution in [2.75, 3.05) is 32.1 Å². The quantitative estimate of drug-likeness (QED) is 0.328. The van der Waals surface area contributed by atoms with E-state index in [2.05, 4.69) is 0 Å². The zero-order chi connectivity index (χ0) is 22.0. The standard InChI is InChI=1S/C21H23ClN4O3S.ClH/c1-13-10-14(2)19-18(11-13)30-21(23-19)25(9-5-8-24(3)4)20(27)16-12-15(22)6-7-17(16)26(28)29;/h6-7,10-12H,5,8-9H2,1-4H3;1H. The summed E-state index contributed by atoms with van der Waals surface area (Å²) in [7, 11) is 3.91. The molecule has 0 aliphatic carbocycles. The van der Waals surface area contributed by atoms with Crippen LogP contribution in [0, 0.1) is 24.0 Å². The van der Waals surface area contributed by atoms with Gasteiger partial charge in [0.05, 0.1) is 15.1 Å². The average Bonchev–Trinajstić information content (AvgIpc) is 3.08. The molecule has 3 rings (SSSR count). The molecule has 2 aromatic carbocycles. The van der Waals surface area contributed by atoms with Crippen LogP contribution in [-0.4, -0.2) is 47.9 Å². The molecule has 1 heterocycles. The van der Waals surface area contributed by atoms with Crippen LogP contribution in [0.15, 0.2) is 30.3 Å². The molecule has 0 aliphatic rings. The monoisotopic (exact) mass is 482 g/mol. The fraction of sp³-hybridized carbons (Fsp3) is 0.333. The van der Waals surface area contributed by atoms with Gasteiger partial charge in [0.25, 0.3) is 11.6 Å². The minimum absolute atomic E-state index is 0. The SMILES string of the molecule is Cc1cc(C)c2nc(N(CCCN(C)C)C(=O)c3cc(Cl)ccc3[N+](=O)[O-])sc2c1.Cl. The van der Waals surface area contributed by atoms with Crippen LogP contribution >= 0.6 is 35.3 Å². The third-order valence-electron chi connectivity index (χ3n) is 4.67. The first-order chi connectivity index (χ1) is 14.2. The normalized spacial score (nSPS) is 10.9. The Labute approximate surface area is 196 Å². The van der Waals surface area contributed by atoms with Crippen LogP contribution in [0.3, 0.4) is 0 Å². The second-order valence-electron chi connectivity index (χ2n) is 7.46. The van der Waals surface area contributed by atoms with Crippen molar-refractivity contribution in [3.8, 4) is 0 Å². The zero-order valence-electron chi connectivity index (χ0n) is 17.7. The number of nitro groups is 1. The number of carbonyl (C=O) groups excluding carboxylic acids is 1. The third kappa shape index (κ3) is 5.71. The lowest BCUT2D eigenvalue weighted by atomic mass is 10.1. The molecular weight excluding hydrogens is 459 g/mol. The summed E-state index contributed by atoms with van der Waals surface area (Å²) < 4.78 is 0.980. The predicted octanol–water partition coefficient (Wildman–Crippen LogP) is 5.50. The van der Waals surface area contributed by atoms with Crippen molar-refractivity contribution in [2.24, 2.45) is 0 Å². The Morgan fingerprint density at radius 3 is 2.55 bits per heavy atom. The van der Waals surface area contributed by atoms with Crippen LogP contribution in [0.1, 0.15) is 27.9 Å². The average molecular weight is 483 g/mol. The lowest BCUT2D eigenvalue weighted by molar-refractivity contribution is -0.385. The minimum atomic E-state index is -0.562. The van der Waals surface area contributed by atoms with E-state index in [-0.39, 0.29) is 28.7 Å². The number of carbonyl (C=O) groups is 1. The molecular formula is C21H24Cl2N4O3S. The molecule has 0 radical (unpaired) electrons. The number of thiazole rings is 1. The number of anilines is 1. The predicted molar refractivity (Wildman–Crippen MR) is 129 cm³/mol. The van der Waals surface area contributed by atoms with Crippen LogP contribution in [0.2, 0.25) is 5.02 Å². The van der Waals surface area contributed by atoms with Crippen molar-refractivity contribution >= 4 is 62.3 Å². The molecule has 1 amide bonds. The first-order valence-corrected chi connectivity index (χ1v) is 10.6. The van der Waals surface area contributed by atoms with Crippen LogP contribution < -0.4 is 4.90 Å². The zero-order valence-corrected chi connectivity index (χ0v) is 20.1. The van der Waals surface area contributed by atoms with E-state index in [1.54, 1.807) is 0 Å². The molecule has 0 aliphatic heterocycles. The number of nitro benzene ring substituents is 1. The van der Waals surface area contributed by atoms with Crippen LogP contribution in [0.4, 0.5) is 10.8 Å². The minimum Gasteiger partial charge on any atom is -0.309 e. The molecule has 10 heteroatoms. The molecule has 166 valence electrons. The summed E-state index contributed by atoms with van der Waals surface area (Å²) in [5.41, 5.74) is 2.68. The Bertz CT molecular complexity index is 1120. The van der Waals surface area contributed by atoms with Crippen molar-refractivity contribution in [1.29, 1.82) is 0 Å². The van der Waals surface area contributed by atoms with Gasteiger partial charge in [0.15, 0.2) is 5.13 Å². The van der Waals surface area contributed by atoms with Gasteiger partial charge in [0, 0.05) is 17.6 Å². The third-order valence-corrected chi connectivity index (χ3v) is 5.93. The van der Waals surface area contributed by atoms with E-state index in [1.165, 1.54) is 34.4 Å². The maximum atomic E-state index is 13.4. The molecule has 0 fully saturated rings. The molecule has 0 saturated heterocycles. The van der Waals surface area contributed by atoms with Crippen molar-refractivity contribution < 1.29 is 9.72 Å². The highest BCUT2D eigenvalue weighted by atomic mass is 35.5. The molecule has 0 saturated carbocycles. The molecule has 0 atom stereocenters. The van der Waals surface area contributed by atoms with Gasteiger partial charge >= 0.3 is 0 Å². The van der Waals surface area contributed by atoms with E-state index in [1.807, 2.05) is 45.0 Å². The molecule has 0 bridgehead atoms. The molecule has 1 aromatic heterocycles. The summed E-state index contributed by atoms with van der Waals surface area (Å²) in [6.07, 6.45) is 0.695. The number of hydrogen-bond acceptors (Lipinski definition) is 6. The Kier molecular flexibility index (Phi) is 8.36. The van der Waals surface area contributed by atoms with Gasteiger partial charge in [-0.2, -0.15) is 0 Å². The second kappa shape index (κ2) is 10.4. The summed E-state index contributed by atoms with van der Waals surface area (Å²) in [4.78, 5) is 32.6. The number of hydrogen-bond donors (Lipinski definition) is 0. The Balaban J connectivity index is 0.00000341. The summed E-state index contributed by atoms with van der Waals surface area (Å²) >= 11 is 7.46. The number of aromatic nitrogens is 1. The lowest BCUT2D eigenvalue weighted by Gasteiger charge is -2.21. The highest BCUT2D eigenvalue weighted by Gasteiger charge is 2.28. The Hall–Kier alpha value is -2.26. The number of aryl methyl sites for hydroxylation is 2. The van der Waals surface area contributed by atoms with Gasteiger partial charge in [-0.05, 0) is 70.2 Å². The lowest BCUT2D eigenvalue weighted by Crippen LogP contribution is -2.33. The number of fused-ring (bicyclic) bond motifs is 1. The van der Waals surface area contributed by atoms with Gasteiger partial charge < -0.3 is 4.90 Å². The second-order valence-corrected chi connectivity index (χ2v) is 8.90. The first-order valence-electron chi connectivity index (χ1n) is 9.45. The summed E-state index contributed by atoms with van der Waals surface area (Å²) in [6, 6.07) is 8.11. The number of amides is 1. The molecule has 0 N–H and O–H groups in total. The molecule has 31 heavy (non-hydrogen) atoms. The Morgan fingerprint density at radius 1 is 1.19 bits per heavy atom. The number of halogens is 2. The fourth-order valence-corrected chi connectivity index (χ4v) is 4.63. The van der Waals surface area contributed by atoms with E-state index >= 15 is 0 Å². The summed E-state index contributed by atoms with van der Waals surface area (Å²) in [5, 5.41) is 12.3. The van der Waals surface area contributed by atoms with Gasteiger partial charge in [0.2, 0.25) is 0 Å². The fourth-order valence-electron chi connectivity index (χ4n) is 3.29. The van der Waals surface area contributed by atoms with E-state index < -0.39 is 10.8 Å². The molecule has 3 aromatic rings. The van der Waals surface area contributed by atoms with Gasteiger partial charge in [0.1, 0.15) is 5.56 Å². The maximum absolute atomic E-state index is 13.4. The summed E-state index contributed by atoms with van der Waals surface area (Å²) in [5.74, 6) is -0.476. The van der Waals surface area contributed by atoms with Crippen molar-refractivity contribution in [3.05, 3.63) is 62.2 Å². The van der Waals surface area contributed by atoms with Crippen molar-refractivity contribution in [1.82, 2.24) is 9.88 Å². The highest BCUT2D eigenvalue weighted by Crippen LogP contribution is 2.34. The van der Waals surface area contributed by atoms with Gasteiger partial charge in [-0.15, -0.1) is 12.4 Å². The van der Waals surface area contributed by atoms with Crippen LogP contribution in [0.5, 0.6) is 0 Å². The Morgan fingerprint density at radius 2 is 1.90 bits per heavy atom. The van der Waals surface area contributed by atoms with Crippen molar-refractivity contribution in [2.45, 2.75) is 20.3 Å². The van der Waals surface area contributed by atoms with E-state index in [0.29, 0.717) is 18.1 Å². The van der Waals surface area contributed by atoms with Gasteiger partial charge in [-0.1, -0.05) is 29.0 Å². The van der Waals surface area contributed by atoms with Gasteiger partial charge in [-0.25, -0.2) is 4.98 Å². The summed E-state index contributed by atoms with van der Waals surface area (Å²) in [6.45, 7) is 5.16. The smallest absolute Gasteiger partial charge is 0.282 e. The van der Waals surface area contributed by atoms with E-state index in [4.69, 9.17) is 16.6 Å². The van der Waals surface area contributed by atoms with Crippen LogP contribution in [-0.2, 0) is 0 Å². The largest absolute Gasteiger partial charge is 0.309 e. The van der Waals surface area contributed by atoms with Crippen LogP contribution in [0.25, 0.3) is 10.2 Å². The number of rotatable bonds is 7. The number of nitrogens with zero attached hydrogens (tertiary/aromatic N) is 4. The van der Waals surface area contributed by atoms with E-state index in [0.717, 1.165) is 27.9 Å². The topological polar surface area (TPSA) is 79.6 Å². The molecule has 0 unspecified atom stereocenters. The number of benzene rings is 2. The molecule has 0 spiro atoms. The van der Waals surface area contributed by atoms with Gasteiger partial charge in [-0.3, -0.25) is 19.8 Å². The van der Waals surface area contributed by atoms with Crippen molar-refractivity contribution in [3.63, 3.8) is 0 Å². The highest BCUT2D eigenvalue weighted by molar-refractivity contribution is 7.22. The van der Waals surface area contributed by atoms with E-state index in [9.17, 15) is 14.9 Å². The first kappa shape index (κ1) is 25.0.